The van der Waals surface area contributed by atoms with Gasteiger partial charge in [0.25, 0.3) is 5.91 Å². The van der Waals surface area contributed by atoms with Gasteiger partial charge < -0.3 is 20.1 Å². The van der Waals surface area contributed by atoms with Gasteiger partial charge in [0.2, 0.25) is 0 Å². The summed E-state index contributed by atoms with van der Waals surface area (Å²) in [6.07, 6.45) is 0. The summed E-state index contributed by atoms with van der Waals surface area (Å²) in [5.41, 5.74) is 6.44. The van der Waals surface area contributed by atoms with E-state index >= 15 is 0 Å². The fourth-order valence-electron chi connectivity index (χ4n) is 1.90. The van der Waals surface area contributed by atoms with Gasteiger partial charge in [0.1, 0.15) is 5.75 Å². The minimum Gasteiger partial charge on any atom is -0.426 e. The molecule has 0 unspecified atom stereocenters. The van der Waals surface area contributed by atoms with Crippen molar-refractivity contribution in [2.24, 2.45) is 0 Å². The van der Waals surface area contributed by atoms with Crippen molar-refractivity contribution in [2.45, 2.75) is 6.92 Å². The van der Waals surface area contributed by atoms with Crippen molar-refractivity contribution in [2.75, 3.05) is 32.0 Å². The fraction of sp³-hybridized carbons (Fsp3) is 0.385. The molecule has 1 amide bonds. The molecule has 1 aromatic carbocycles. The number of anilines is 1. The van der Waals surface area contributed by atoms with E-state index in [0.717, 1.165) is 0 Å². The molecule has 1 aliphatic heterocycles. The molecule has 2 rings (SSSR count). The first-order chi connectivity index (χ1) is 9.08. The quantitative estimate of drug-likeness (QED) is 0.482. The zero-order valence-corrected chi connectivity index (χ0v) is 10.7. The Bertz CT molecular complexity index is 495. The lowest BCUT2D eigenvalue weighted by molar-refractivity contribution is -0.131. The van der Waals surface area contributed by atoms with E-state index in [9.17, 15) is 9.59 Å². The first-order valence-corrected chi connectivity index (χ1v) is 6.03. The standard InChI is InChI=1S/C13H16N2O4/c1-9(16)19-12-3-2-10(14)8-11(12)13(17)15-4-6-18-7-5-15/h2-3,8H,4-7,14H2,1H3. The number of hydrogen-bond acceptors (Lipinski definition) is 5. The van der Waals surface area contributed by atoms with E-state index < -0.39 is 5.97 Å². The molecule has 19 heavy (non-hydrogen) atoms. The second-order valence-corrected chi connectivity index (χ2v) is 4.25. The number of nitrogens with zero attached hydrogens (tertiary/aromatic N) is 1. The Morgan fingerprint density at radius 2 is 2.00 bits per heavy atom. The van der Waals surface area contributed by atoms with E-state index in [4.69, 9.17) is 15.2 Å². The summed E-state index contributed by atoms with van der Waals surface area (Å²) in [4.78, 5) is 25.1. The summed E-state index contributed by atoms with van der Waals surface area (Å²) < 4.78 is 10.2. The first-order valence-electron chi connectivity index (χ1n) is 6.03. The van der Waals surface area contributed by atoms with Crippen molar-refractivity contribution in [1.29, 1.82) is 0 Å². The summed E-state index contributed by atoms with van der Waals surface area (Å²) in [6.45, 7) is 3.35. The normalized spacial score (nSPS) is 15.1. The predicted octanol–water partition coefficient (Wildman–Crippen LogP) is 0.666. The number of carbonyl (C=O) groups excluding carboxylic acids is 2. The molecule has 0 saturated carbocycles. The van der Waals surface area contributed by atoms with E-state index in [-0.39, 0.29) is 11.7 Å². The van der Waals surface area contributed by atoms with Gasteiger partial charge in [-0.15, -0.1) is 0 Å². The maximum Gasteiger partial charge on any atom is 0.308 e. The van der Waals surface area contributed by atoms with Crippen LogP contribution in [0.3, 0.4) is 0 Å². The highest BCUT2D eigenvalue weighted by molar-refractivity contribution is 5.98. The van der Waals surface area contributed by atoms with Crippen LogP contribution in [-0.4, -0.2) is 43.1 Å². The lowest BCUT2D eigenvalue weighted by atomic mass is 10.1. The van der Waals surface area contributed by atoms with Crippen molar-refractivity contribution in [3.05, 3.63) is 23.8 Å². The Hall–Kier alpha value is -2.08. The number of amides is 1. The molecule has 2 N–H and O–H groups in total. The molecule has 1 fully saturated rings. The minimum atomic E-state index is -0.471. The smallest absolute Gasteiger partial charge is 0.308 e. The van der Waals surface area contributed by atoms with Crippen molar-refractivity contribution in [1.82, 2.24) is 4.90 Å². The summed E-state index contributed by atoms with van der Waals surface area (Å²) in [5.74, 6) is -0.439. The maximum absolute atomic E-state index is 12.4. The Morgan fingerprint density at radius 1 is 1.32 bits per heavy atom. The molecule has 0 aliphatic carbocycles. The molecular weight excluding hydrogens is 248 g/mol. The largest absolute Gasteiger partial charge is 0.426 e. The third kappa shape index (κ3) is 3.23. The van der Waals surface area contributed by atoms with Crippen LogP contribution in [0.2, 0.25) is 0 Å². The van der Waals surface area contributed by atoms with Gasteiger partial charge in [-0.1, -0.05) is 0 Å². The highest BCUT2D eigenvalue weighted by Crippen LogP contribution is 2.23. The molecule has 1 aliphatic rings. The zero-order chi connectivity index (χ0) is 13.8. The van der Waals surface area contributed by atoms with Crippen LogP contribution < -0.4 is 10.5 Å². The Labute approximate surface area is 111 Å². The number of morpholine rings is 1. The van der Waals surface area contributed by atoms with E-state index in [1.807, 2.05) is 0 Å². The minimum absolute atomic E-state index is 0.202. The lowest BCUT2D eigenvalue weighted by Gasteiger charge is -2.27. The van der Waals surface area contributed by atoms with Gasteiger partial charge in [-0.2, -0.15) is 0 Å². The maximum atomic E-state index is 12.4. The molecule has 0 aromatic heterocycles. The van der Waals surface area contributed by atoms with Crippen LogP contribution >= 0.6 is 0 Å². The van der Waals surface area contributed by atoms with Crippen LogP contribution in [0, 0.1) is 0 Å². The zero-order valence-electron chi connectivity index (χ0n) is 10.7. The topological polar surface area (TPSA) is 81.9 Å². The SMILES string of the molecule is CC(=O)Oc1ccc(N)cc1C(=O)N1CCOCC1. The van der Waals surface area contributed by atoms with Gasteiger partial charge in [-0.3, -0.25) is 9.59 Å². The monoisotopic (exact) mass is 264 g/mol. The van der Waals surface area contributed by atoms with Crippen LogP contribution in [0.1, 0.15) is 17.3 Å². The molecule has 0 radical (unpaired) electrons. The van der Waals surface area contributed by atoms with Crippen LogP contribution in [0.15, 0.2) is 18.2 Å². The highest BCUT2D eigenvalue weighted by atomic mass is 16.5. The number of nitrogens with two attached hydrogens (primary N) is 1. The molecule has 6 heteroatoms. The van der Waals surface area contributed by atoms with Crippen molar-refractivity contribution >= 4 is 17.6 Å². The van der Waals surface area contributed by atoms with E-state index in [1.54, 1.807) is 11.0 Å². The van der Waals surface area contributed by atoms with Gasteiger partial charge in [0.15, 0.2) is 0 Å². The number of esters is 1. The molecule has 0 bridgehead atoms. The van der Waals surface area contributed by atoms with Crippen LogP contribution in [-0.2, 0) is 9.53 Å². The number of nitrogen functional groups attached to an aromatic ring is 1. The Balaban J connectivity index is 2.27. The Morgan fingerprint density at radius 3 is 2.63 bits per heavy atom. The number of hydrogen-bond donors (Lipinski definition) is 1. The van der Waals surface area contributed by atoms with Crippen molar-refractivity contribution < 1.29 is 19.1 Å². The van der Waals surface area contributed by atoms with Crippen LogP contribution in [0.4, 0.5) is 5.69 Å². The molecule has 0 spiro atoms. The summed E-state index contributed by atoms with van der Waals surface area (Å²) in [5, 5.41) is 0. The lowest BCUT2D eigenvalue weighted by Crippen LogP contribution is -2.40. The fourth-order valence-corrected chi connectivity index (χ4v) is 1.90. The number of benzene rings is 1. The van der Waals surface area contributed by atoms with Gasteiger partial charge in [0.05, 0.1) is 18.8 Å². The van der Waals surface area contributed by atoms with Crippen LogP contribution in [0.25, 0.3) is 0 Å². The molecular formula is C13H16N2O4. The van der Waals surface area contributed by atoms with Gasteiger partial charge >= 0.3 is 5.97 Å². The van der Waals surface area contributed by atoms with Crippen molar-refractivity contribution in [3.63, 3.8) is 0 Å². The average molecular weight is 264 g/mol. The molecule has 6 nitrogen and oxygen atoms in total. The summed E-state index contributed by atoms with van der Waals surface area (Å²) >= 11 is 0. The van der Waals surface area contributed by atoms with Gasteiger partial charge in [0, 0.05) is 25.7 Å². The Kier molecular flexibility index (Phi) is 4.01. The second-order valence-electron chi connectivity index (χ2n) is 4.25. The van der Waals surface area contributed by atoms with E-state index in [0.29, 0.717) is 37.6 Å². The van der Waals surface area contributed by atoms with Gasteiger partial charge in [-0.25, -0.2) is 0 Å². The van der Waals surface area contributed by atoms with E-state index in [2.05, 4.69) is 0 Å². The average Bonchev–Trinajstić information content (AvgIpc) is 2.40. The number of rotatable bonds is 2. The van der Waals surface area contributed by atoms with Crippen molar-refractivity contribution in [3.8, 4) is 5.75 Å². The summed E-state index contributed by atoms with van der Waals surface area (Å²) in [6, 6.07) is 4.65. The molecule has 0 atom stereocenters. The molecule has 1 aromatic rings. The number of carbonyl (C=O) groups is 2. The first kappa shape index (κ1) is 13.4. The van der Waals surface area contributed by atoms with Crippen LogP contribution in [0.5, 0.6) is 5.75 Å². The third-order valence-corrected chi connectivity index (χ3v) is 2.79. The van der Waals surface area contributed by atoms with E-state index in [1.165, 1.54) is 19.1 Å². The van der Waals surface area contributed by atoms with Gasteiger partial charge in [-0.05, 0) is 18.2 Å². The highest BCUT2D eigenvalue weighted by Gasteiger charge is 2.22. The predicted molar refractivity (Wildman–Crippen MR) is 68.9 cm³/mol. The third-order valence-electron chi connectivity index (χ3n) is 2.79. The second kappa shape index (κ2) is 5.71. The number of ether oxygens (including phenoxy) is 2. The summed E-state index contributed by atoms with van der Waals surface area (Å²) in [7, 11) is 0. The molecule has 1 heterocycles. The molecule has 1 saturated heterocycles. The molecule has 102 valence electrons.